The minimum Gasteiger partial charge on any atom is -0.480 e. The Balaban J connectivity index is 1.29. The van der Waals surface area contributed by atoms with Crippen LogP contribution in [0.1, 0.15) is 65.2 Å². The Bertz CT molecular complexity index is 1110. The van der Waals surface area contributed by atoms with Crippen molar-refractivity contribution in [2.24, 2.45) is 33.7 Å². The van der Waals surface area contributed by atoms with Gasteiger partial charge in [-0.1, -0.05) is 24.6 Å². The maximum atomic E-state index is 12.6. The molecule has 0 unspecified atom stereocenters. The number of allylic oxidation sites excluding steroid dienone is 2. The Hall–Kier alpha value is -2.34. The zero-order chi connectivity index (χ0) is 28.3. The summed E-state index contributed by atoms with van der Waals surface area (Å²) in [5.74, 6) is -2.06. The number of aliphatic carboxylic acids is 1. The summed E-state index contributed by atoms with van der Waals surface area (Å²) in [4.78, 5) is 42.9. The molecular weight excluding hydrogens is 508 g/mol. The summed E-state index contributed by atoms with van der Waals surface area (Å²) < 4.78 is 0. The Morgan fingerprint density at radius 3 is 2.59 bits per heavy atom. The molecule has 5 rings (SSSR count). The van der Waals surface area contributed by atoms with Crippen LogP contribution in [0.25, 0.3) is 0 Å². The molecule has 0 radical (unpaired) electrons. The highest BCUT2D eigenvalue weighted by Gasteiger charge is 2.68. The van der Waals surface area contributed by atoms with Gasteiger partial charge in [0.1, 0.15) is 18.2 Å². The molecule has 11 heteroatoms. The summed E-state index contributed by atoms with van der Waals surface area (Å²) in [5.41, 5.74) is -0.824. The van der Waals surface area contributed by atoms with Gasteiger partial charge < -0.3 is 35.3 Å². The van der Waals surface area contributed by atoms with Crippen LogP contribution in [0.2, 0.25) is 0 Å². The molecule has 1 heterocycles. The number of ketones is 1. The van der Waals surface area contributed by atoms with E-state index in [1.54, 1.807) is 0 Å². The number of nitrogens with zero attached hydrogens (tertiary/aromatic N) is 2. The van der Waals surface area contributed by atoms with E-state index in [0.717, 1.165) is 24.2 Å². The van der Waals surface area contributed by atoms with Gasteiger partial charge in [-0.25, -0.2) is 4.79 Å². The molecule has 1 amide bonds. The van der Waals surface area contributed by atoms with E-state index in [1.807, 2.05) is 13.0 Å². The third kappa shape index (κ3) is 4.32. The molecule has 5 aliphatic rings. The number of β-amino-alcohol motifs (C(OH)–C–C–N with tert-alkyl or cyclic N) is 1. The molecule has 0 aromatic rings. The summed E-state index contributed by atoms with van der Waals surface area (Å²) in [6.45, 7) is 2.91. The fraction of sp³-hybridized carbons (Fsp3) is 0.786. The number of aliphatic hydroxyl groups excluding tert-OH is 3. The quantitative estimate of drug-likeness (QED) is 0.298. The van der Waals surface area contributed by atoms with E-state index in [2.05, 4.69) is 12.1 Å². The highest BCUT2D eigenvalue weighted by atomic mass is 16.6. The molecule has 4 fully saturated rings. The number of carboxylic acids is 1. The monoisotopic (exact) mass is 548 g/mol. The van der Waals surface area contributed by atoms with Crippen LogP contribution in [0.4, 0.5) is 0 Å². The van der Waals surface area contributed by atoms with Crippen LogP contribution in [0, 0.1) is 28.6 Å². The van der Waals surface area contributed by atoms with Gasteiger partial charge in [0.25, 0.3) is 5.91 Å². The summed E-state index contributed by atoms with van der Waals surface area (Å²) in [6, 6.07) is -1.07. The number of fused-ring (bicyclic) bond motifs is 5. The second kappa shape index (κ2) is 9.94. The lowest BCUT2D eigenvalue weighted by Crippen LogP contribution is -2.62. The number of Topliss-reactive ketones (excluding diaryl/α,β-unsaturated/α-hetero) is 1. The van der Waals surface area contributed by atoms with Crippen molar-refractivity contribution in [2.75, 3.05) is 19.8 Å². The molecule has 0 aromatic heterocycles. The van der Waals surface area contributed by atoms with Gasteiger partial charge in [-0.05, 0) is 74.2 Å². The fourth-order valence-corrected chi connectivity index (χ4v) is 8.94. The predicted molar refractivity (Wildman–Crippen MR) is 137 cm³/mol. The first-order valence-electron chi connectivity index (χ1n) is 14.0. The number of oxime groups is 1. The molecule has 216 valence electrons. The maximum absolute atomic E-state index is 12.6. The molecule has 5 N–H and O–H groups in total. The van der Waals surface area contributed by atoms with Gasteiger partial charge in [-0.15, -0.1) is 0 Å². The molecule has 11 nitrogen and oxygen atoms in total. The number of carboxylic acid groups (broad SMARTS) is 1. The van der Waals surface area contributed by atoms with E-state index >= 15 is 0 Å². The van der Waals surface area contributed by atoms with Gasteiger partial charge in [0, 0.05) is 18.4 Å². The van der Waals surface area contributed by atoms with Crippen molar-refractivity contribution in [1.82, 2.24) is 4.90 Å². The van der Waals surface area contributed by atoms with Crippen molar-refractivity contribution in [3.8, 4) is 0 Å². The molecular formula is C28H40N2O9. The number of carbonyl (C=O) groups excluding carboxylic acids is 2. The minimum atomic E-state index is -1.62. The molecule has 3 saturated carbocycles. The highest BCUT2D eigenvalue weighted by Crippen LogP contribution is 2.67. The van der Waals surface area contributed by atoms with Crippen LogP contribution in [0.15, 0.2) is 16.8 Å². The molecule has 9 atom stereocenters. The molecule has 1 saturated heterocycles. The Morgan fingerprint density at radius 2 is 1.90 bits per heavy atom. The van der Waals surface area contributed by atoms with Gasteiger partial charge in [0.2, 0.25) is 0 Å². The van der Waals surface area contributed by atoms with Crippen molar-refractivity contribution >= 4 is 23.4 Å². The second-order valence-electron chi connectivity index (χ2n) is 12.7. The molecule has 1 aliphatic heterocycles. The highest BCUT2D eigenvalue weighted by molar-refractivity contribution is 5.96. The number of hydrogen-bond donors (Lipinski definition) is 5. The van der Waals surface area contributed by atoms with Crippen LogP contribution in [-0.4, -0.2) is 97.4 Å². The van der Waals surface area contributed by atoms with E-state index in [-0.39, 0.29) is 36.1 Å². The average molecular weight is 549 g/mol. The van der Waals surface area contributed by atoms with Crippen LogP contribution in [-0.2, 0) is 19.2 Å². The topological polar surface area (TPSA) is 177 Å². The normalized spacial score (nSPS) is 44.3. The number of hydrogen-bond acceptors (Lipinski definition) is 9. The summed E-state index contributed by atoms with van der Waals surface area (Å²) >= 11 is 0. The summed E-state index contributed by atoms with van der Waals surface area (Å²) in [5, 5.41) is 55.6. The van der Waals surface area contributed by atoms with Crippen molar-refractivity contribution in [2.45, 2.75) is 89.1 Å². The molecule has 0 spiro atoms. The van der Waals surface area contributed by atoms with E-state index in [9.17, 15) is 39.9 Å². The minimum absolute atomic E-state index is 0.00861. The van der Waals surface area contributed by atoms with Crippen LogP contribution in [0.5, 0.6) is 0 Å². The molecule has 0 bridgehead atoms. The number of likely N-dealkylation sites (tertiary alicyclic amines) is 1. The lowest BCUT2D eigenvalue weighted by atomic mass is 9.45. The Morgan fingerprint density at radius 1 is 1.15 bits per heavy atom. The fourth-order valence-electron chi connectivity index (χ4n) is 8.94. The number of carbonyl (C=O) groups is 3. The van der Waals surface area contributed by atoms with E-state index in [4.69, 9.17) is 4.84 Å². The van der Waals surface area contributed by atoms with Crippen LogP contribution >= 0.6 is 0 Å². The average Bonchev–Trinajstić information content (AvgIpc) is 3.41. The van der Waals surface area contributed by atoms with Crippen molar-refractivity contribution in [3.63, 3.8) is 0 Å². The SMILES string of the molecule is C[C@]12CC/C(=N\OCC(=O)N3C[C@H](O)C[C@@H]3C(=O)O)C=C1CC[C@@H]1[C@@H]2[C@H](O)C[C@@]2(C)[C@@H]1CC[C@]2(O)C(=O)CO. The van der Waals surface area contributed by atoms with Gasteiger partial charge in [0.15, 0.2) is 12.4 Å². The van der Waals surface area contributed by atoms with Gasteiger partial charge in [0.05, 0.1) is 17.9 Å². The van der Waals surface area contributed by atoms with Gasteiger partial charge in [-0.3, -0.25) is 9.59 Å². The largest absolute Gasteiger partial charge is 0.480 e. The van der Waals surface area contributed by atoms with E-state index < -0.39 is 60.1 Å². The summed E-state index contributed by atoms with van der Waals surface area (Å²) in [7, 11) is 0. The summed E-state index contributed by atoms with van der Waals surface area (Å²) in [6.07, 6.45) is 4.61. The first kappa shape index (κ1) is 28.2. The number of rotatable bonds is 6. The van der Waals surface area contributed by atoms with Crippen LogP contribution in [0.3, 0.4) is 0 Å². The second-order valence-corrected chi connectivity index (χ2v) is 12.7. The van der Waals surface area contributed by atoms with E-state index in [0.29, 0.717) is 31.4 Å². The van der Waals surface area contributed by atoms with Crippen molar-refractivity contribution in [1.29, 1.82) is 0 Å². The van der Waals surface area contributed by atoms with Crippen LogP contribution < -0.4 is 0 Å². The van der Waals surface area contributed by atoms with Gasteiger partial charge in [-0.2, -0.15) is 0 Å². The molecule has 39 heavy (non-hydrogen) atoms. The maximum Gasteiger partial charge on any atom is 0.326 e. The molecule has 4 aliphatic carbocycles. The van der Waals surface area contributed by atoms with Crippen molar-refractivity contribution < 1.29 is 44.8 Å². The first-order valence-corrected chi connectivity index (χ1v) is 14.0. The lowest BCUT2D eigenvalue weighted by Gasteiger charge is -2.60. The Labute approximate surface area is 227 Å². The number of aliphatic hydroxyl groups is 4. The first-order chi connectivity index (χ1) is 18.4. The smallest absolute Gasteiger partial charge is 0.326 e. The predicted octanol–water partition coefficient (Wildman–Crippen LogP) is 0.631. The molecule has 0 aromatic carbocycles. The third-order valence-electron chi connectivity index (χ3n) is 10.9. The third-order valence-corrected chi connectivity index (χ3v) is 10.9. The van der Waals surface area contributed by atoms with Crippen molar-refractivity contribution in [3.05, 3.63) is 11.6 Å². The zero-order valence-electron chi connectivity index (χ0n) is 22.6. The standard InChI is InChI=1S/C28H40N2O9/c1-26-7-5-16(29-39-14-23(35)30-12-17(32)10-20(30)25(36)37)9-15(26)3-4-18-19-6-8-28(38,22(34)13-31)27(19,2)11-21(33)24(18)26/h9,17-21,24,31-33,38H,3-8,10-14H2,1-2H3,(H,36,37)/b29-16+/t17-,18+,19-,20-,21-,24-,26+,27+,28+/m1/s1. The van der Waals surface area contributed by atoms with E-state index in [1.165, 1.54) is 5.57 Å². The Kier molecular flexibility index (Phi) is 7.18. The number of amides is 1. The lowest BCUT2D eigenvalue weighted by molar-refractivity contribution is -0.181. The van der Waals surface area contributed by atoms with Gasteiger partial charge >= 0.3 is 5.97 Å². The zero-order valence-corrected chi connectivity index (χ0v) is 22.6.